The highest BCUT2D eigenvalue weighted by atomic mass is 32.1. The van der Waals surface area contributed by atoms with Gasteiger partial charge in [0.2, 0.25) is 0 Å². The van der Waals surface area contributed by atoms with Gasteiger partial charge in [-0.2, -0.15) is 5.26 Å². The summed E-state index contributed by atoms with van der Waals surface area (Å²) >= 11 is 1.49. The van der Waals surface area contributed by atoms with E-state index in [0.717, 1.165) is 4.88 Å². The lowest BCUT2D eigenvalue weighted by Gasteiger charge is -2.19. The summed E-state index contributed by atoms with van der Waals surface area (Å²) in [6.07, 6.45) is -0.103. The fourth-order valence-electron chi connectivity index (χ4n) is 2.12. The van der Waals surface area contributed by atoms with Crippen LogP contribution < -0.4 is 5.32 Å². The Balaban J connectivity index is 2.07. The second kappa shape index (κ2) is 7.02. The van der Waals surface area contributed by atoms with Gasteiger partial charge in [-0.15, -0.1) is 11.3 Å². The molecule has 0 aliphatic rings. The maximum absolute atomic E-state index is 10.7. The number of rotatable bonds is 6. The predicted octanol–water partition coefficient (Wildman–Crippen LogP) is 3.45. The molecule has 2 aromatic rings. The van der Waals surface area contributed by atoms with Crippen LogP contribution in [0.3, 0.4) is 0 Å². The molecule has 0 spiro atoms. The molecule has 2 atom stereocenters. The number of nitro benzene ring substituents is 1. The molecule has 22 heavy (non-hydrogen) atoms. The molecule has 0 saturated heterocycles. The molecular formula is C15H15N3O3S. The molecule has 0 aliphatic carbocycles. The molecule has 7 heteroatoms. The first-order valence-corrected chi connectivity index (χ1v) is 7.55. The van der Waals surface area contributed by atoms with Crippen molar-refractivity contribution in [3.05, 3.63) is 56.3 Å². The van der Waals surface area contributed by atoms with E-state index in [-0.39, 0.29) is 17.3 Å². The summed E-state index contributed by atoms with van der Waals surface area (Å²) in [5.74, 6) is 0. The first-order chi connectivity index (χ1) is 10.5. The Kier molecular flexibility index (Phi) is 5.09. The number of thiophene rings is 1. The van der Waals surface area contributed by atoms with Crippen molar-refractivity contribution in [3.63, 3.8) is 0 Å². The van der Waals surface area contributed by atoms with Crippen LogP contribution in [-0.2, 0) is 0 Å². The van der Waals surface area contributed by atoms with E-state index in [4.69, 9.17) is 5.26 Å². The molecule has 0 radical (unpaired) electrons. The Hall–Kier alpha value is -2.43. The van der Waals surface area contributed by atoms with Crippen molar-refractivity contribution < 1.29 is 10.0 Å². The van der Waals surface area contributed by atoms with Crippen LogP contribution in [0.25, 0.3) is 0 Å². The lowest BCUT2D eigenvalue weighted by molar-refractivity contribution is -0.384. The Morgan fingerprint density at radius 2 is 2.27 bits per heavy atom. The number of hydrogen-bond acceptors (Lipinski definition) is 6. The molecule has 2 N–H and O–H groups in total. The minimum absolute atomic E-state index is 0.0920. The number of nitrogens with zero attached hydrogens (tertiary/aromatic N) is 2. The van der Waals surface area contributed by atoms with Gasteiger partial charge in [0, 0.05) is 23.1 Å². The lowest BCUT2D eigenvalue weighted by atomic mass is 10.1. The number of benzene rings is 1. The SMILES string of the molecule is C[C@@H](C[C@H](O)c1cccs1)Nc1ccc([N+](=O)[O-])cc1C#N. The number of aliphatic hydroxyl groups is 1. The molecule has 1 aromatic carbocycles. The van der Waals surface area contributed by atoms with Gasteiger partial charge >= 0.3 is 0 Å². The molecule has 0 aliphatic heterocycles. The van der Waals surface area contributed by atoms with Crippen molar-refractivity contribution in [2.45, 2.75) is 25.5 Å². The quantitative estimate of drug-likeness (QED) is 0.628. The number of nitriles is 1. The van der Waals surface area contributed by atoms with Gasteiger partial charge in [-0.05, 0) is 30.9 Å². The highest BCUT2D eigenvalue weighted by Crippen LogP contribution is 2.26. The minimum Gasteiger partial charge on any atom is -0.387 e. The van der Waals surface area contributed by atoms with Crippen LogP contribution in [0, 0.1) is 21.4 Å². The summed E-state index contributed by atoms with van der Waals surface area (Å²) in [5, 5.41) is 35.0. The number of aliphatic hydroxyl groups excluding tert-OH is 1. The van der Waals surface area contributed by atoms with Crippen molar-refractivity contribution in [2.75, 3.05) is 5.32 Å². The molecule has 0 saturated carbocycles. The molecular weight excluding hydrogens is 302 g/mol. The second-order valence-corrected chi connectivity index (χ2v) is 5.89. The molecule has 0 fully saturated rings. The molecule has 0 bridgehead atoms. The third-order valence-corrected chi connectivity index (χ3v) is 4.16. The molecule has 114 valence electrons. The molecule has 0 unspecified atom stereocenters. The van der Waals surface area contributed by atoms with E-state index in [0.29, 0.717) is 12.1 Å². The van der Waals surface area contributed by atoms with Gasteiger partial charge < -0.3 is 10.4 Å². The third-order valence-electron chi connectivity index (χ3n) is 3.18. The minimum atomic E-state index is -0.578. The maximum Gasteiger partial charge on any atom is 0.270 e. The summed E-state index contributed by atoms with van der Waals surface area (Å²) < 4.78 is 0. The smallest absolute Gasteiger partial charge is 0.270 e. The molecule has 2 rings (SSSR count). The fraction of sp³-hybridized carbons (Fsp3) is 0.267. The van der Waals surface area contributed by atoms with Gasteiger partial charge in [-0.25, -0.2) is 0 Å². The largest absolute Gasteiger partial charge is 0.387 e. The number of hydrogen-bond donors (Lipinski definition) is 2. The van der Waals surface area contributed by atoms with E-state index < -0.39 is 11.0 Å². The Morgan fingerprint density at radius 3 is 2.86 bits per heavy atom. The zero-order chi connectivity index (χ0) is 16.1. The van der Waals surface area contributed by atoms with Gasteiger partial charge in [0.25, 0.3) is 5.69 Å². The number of nitro groups is 1. The highest BCUT2D eigenvalue weighted by Gasteiger charge is 2.16. The Morgan fingerprint density at radius 1 is 1.50 bits per heavy atom. The van der Waals surface area contributed by atoms with E-state index >= 15 is 0 Å². The zero-order valence-corrected chi connectivity index (χ0v) is 12.7. The predicted molar refractivity (Wildman–Crippen MR) is 84.8 cm³/mol. The zero-order valence-electron chi connectivity index (χ0n) is 11.9. The standard InChI is InChI=1S/C15H15N3O3S/c1-10(7-14(19)15-3-2-6-22-15)17-13-5-4-12(18(20)21)8-11(13)9-16/h2-6,8,10,14,17,19H,7H2,1H3/t10-,14-/m0/s1. The first kappa shape index (κ1) is 15.9. The molecule has 6 nitrogen and oxygen atoms in total. The van der Waals surface area contributed by atoms with Crippen molar-refractivity contribution in [1.82, 2.24) is 0 Å². The Bertz CT molecular complexity index is 695. The topological polar surface area (TPSA) is 99.2 Å². The second-order valence-electron chi connectivity index (χ2n) is 4.91. The number of nitrogens with one attached hydrogen (secondary N) is 1. The van der Waals surface area contributed by atoms with Crippen LogP contribution in [0.15, 0.2) is 35.7 Å². The van der Waals surface area contributed by atoms with Crippen molar-refractivity contribution in [1.29, 1.82) is 5.26 Å². The van der Waals surface area contributed by atoms with E-state index in [1.165, 1.54) is 29.5 Å². The van der Waals surface area contributed by atoms with Crippen LogP contribution in [0.2, 0.25) is 0 Å². The van der Waals surface area contributed by atoms with Crippen LogP contribution >= 0.6 is 11.3 Å². The van der Waals surface area contributed by atoms with E-state index in [2.05, 4.69) is 5.32 Å². The van der Waals surface area contributed by atoms with Crippen LogP contribution in [-0.4, -0.2) is 16.1 Å². The van der Waals surface area contributed by atoms with Crippen LogP contribution in [0.1, 0.15) is 29.9 Å². The van der Waals surface area contributed by atoms with E-state index in [9.17, 15) is 15.2 Å². The number of anilines is 1. The summed E-state index contributed by atoms with van der Waals surface area (Å²) in [7, 11) is 0. The summed E-state index contributed by atoms with van der Waals surface area (Å²) in [6, 6.07) is 9.72. The van der Waals surface area contributed by atoms with E-state index in [1.54, 1.807) is 0 Å². The monoisotopic (exact) mass is 317 g/mol. The van der Waals surface area contributed by atoms with Crippen molar-refractivity contribution >= 4 is 22.7 Å². The summed E-state index contributed by atoms with van der Waals surface area (Å²) in [4.78, 5) is 11.1. The van der Waals surface area contributed by atoms with Crippen LogP contribution in [0.5, 0.6) is 0 Å². The van der Waals surface area contributed by atoms with Gasteiger partial charge in [0.1, 0.15) is 6.07 Å². The van der Waals surface area contributed by atoms with Crippen molar-refractivity contribution in [3.8, 4) is 6.07 Å². The van der Waals surface area contributed by atoms with Gasteiger partial charge in [0.05, 0.1) is 22.3 Å². The van der Waals surface area contributed by atoms with Crippen molar-refractivity contribution in [2.24, 2.45) is 0 Å². The van der Waals surface area contributed by atoms with Crippen LogP contribution in [0.4, 0.5) is 11.4 Å². The Labute approximate surface area is 131 Å². The average molecular weight is 317 g/mol. The fourth-order valence-corrected chi connectivity index (χ4v) is 2.85. The van der Waals surface area contributed by atoms with E-state index in [1.807, 2.05) is 30.5 Å². The first-order valence-electron chi connectivity index (χ1n) is 6.67. The number of non-ortho nitro benzene ring substituents is 1. The molecule has 1 heterocycles. The summed E-state index contributed by atoms with van der Waals surface area (Å²) in [6.45, 7) is 1.89. The highest BCUT2D eigenvalue weighted by molar-refractivity contribution is 7.10. The average Bonchev–Trinajstić information content (AvgIpc) is 3.01. The summed E-state index contributed by atoms with van der Waals surface area (Å²) in [5.41, 5.74) is 0.624. The van der Waals surface area contributed by atoms with Gasteiger partial charge in [0.15, 0.2) is 0 Å². The molecule has 1 aromatic heterocycles. The van der Waals surface area contributed by atoms with Gasteiger partial charge in [-0.3, -0.25) is 10.1 Å². The third kappa shape index (κ3) is 3.81. The lowest BCUT2D eigenvalue weighted by Crippen LogP contribution is -2.19. The van der Waals surface area contributed by atoms with Gasteiger partial charge in [-0.1, -0.05) is 6.07 Å². The molecule has 0 amide bonds. The maximum atomic E-state index is 10.7. The normalized spacial score (nSPS) is 13.1.